The lowest BCUT2D eigenvalue weighted by Gasteiger charge is -2.26. The molecule has 0 saturated heterocycles. The van der Waals surface area contributed by atoms with Crippen LogP contribution in [0.2, 0.25) is 0 Å². The number of halogens is 1. The Labute approximate surface area is 541 Å². The predicted molar refractivity (Wildman–Crippen MR) is 393 cm³/mol. The van der Waals surface area contributed by atoms with Crippen LogP contribution in [0.5, 0.6) is 0 Å². The molecule has 0 fully saturated rings. The molecule has 13 rings (SSSR count). The van der Waals surface area contributed by atoms with Crippen molar-refractivity contribution in [2.75, 3.05) is 0 Å². The summed E-state index contributed by atoms with van der Waals surface area (Å²) in [6.07, 6.45) is 0. The molecule has 5 heteroatoms. The molecule has 0 aliphatic rings. The Balaban J connectivity index is 1.33. The van der Waals surface area contributed by atoms with Gasteiger partial charge < -0.3 is 18.3 Å². The maximum atomic E-state index is 21.7. The highest BCUT2D eigenvalue weighted by atomic mass is 19.1. The zero-order valence-corrected chi connectivity index (χ0v) is 59.1. The van der Waals surface area contributed by atoms with Crippen molar-refractivity contribution in [3.8, 4) is 22.7 Å². The molecular formula is C86H97FN4. The van der Waals surface area contributed by atoms with Gasteiger partial charge in [-0.3, -0.25) is 0 Å². The van der Waals surface area contributed by atoms with Gasteiger partial charge in [0.1, 0.15) is 11.4 Å². The van der Waals surface area contributed by atoms with Crippen molar-refractivity contribution >= 4 is 87.2 Å². The molecule has 13 aromatic rings. The number of rotatable bonds is 4. The monoisotopic (exact) mass is 1200 g/mol. The van der Waals surface area contributed by atoms with Crippen molar-refractivity contribution in [3.63, 3.8) is 0 Å². The molecule has 0 saturated carbocycles. The fraction of sp³-hybridized carbons (Fsp3) is 0.372. The molecule has 0 radical (unpaired) electrons. The van der Waals surface area contributed by atoms with Gasteiger partial charge in [0.2, 0.25) is 0 Å². The summed E-state index contributed by atoms with van der Waals surface area (Å²) < 4.78 is 31.1. The lowest BCUT2D eigenvalue weighted by molar-refractivity contribution is 0.590. The second-order valence-corrected chi connectivity index (χ2v) is 35.1. The summed E-state index contributed by atoms with van der Waals surface area (Å²) in [5.74, 6) is -0.315. The highest BCUT2D eigenvalue weighted by Gasteiger charge is 2.34. The van der Waals surface area contributed by atoms with Gasteiger partial charge in [-0.15, -0.1) is 0 Å². The van der Waals surface area contributed by atoms with Crippen LogP contribution >= 0.6 is 0 Å². The Morgan fingerprint density at radius 1 is 0.198 bits per heavy atom. The smallest absolute Gasteiger partial charge is 0.175 e. The van der Waals surface area contributed by atoms with Crippen molar-refractivity contribution in [2.24, 2.45) is 0 Å². The summed E-state index contributed by atoms with van der Waals surface area (Å²) in [6, 6.07) is 58.3. The van der Waals surface area contributed by atoms with Crippen LogP contribution in [0.1, 0.15) is 211 Å². The van der Waals surface area contributed by atoms with Crippen LogP contribution in [0.4, 0.5) is 4.39 Å². The Morgan fingerprint density at radius 2 is 0.341 bits per heavy atom. The van der Waals surface area contributed by atoms with Crippen LogP contribution in [0.25, 0.3) is 110 Å². The lowest BCUT2D eigenvalue weighted by Crippen LogP contribution is -2.15. The minimum atomic E-state index is -0.315. The van der Waals surface area contributed by atoms with Gasteiger partial charge in [0.15, 0.2) is 5.82 Å². The molecule has 4 aromatic heterocycles. The van der Waals surface area contributed by atoms with Crippen LogP contribution in [0.15, 0.2) is 152 Å². The normalized spacial score (nSPS) is 13.8. The second kappa shape index (κ2) is 20.1. The Kier molecular flexibility index (Phi) is 13.7. The van der Waals surface area contributed by atoms with Crippen LogP contribution in [-0.2, 0) is 43.3 Å². The Hall–Kier alpha value is -7.89. The summed E-state index contributed by atoms with van der Waals surface area (Å²) in [5.41, 5.74) is 19.2. The molecule has 0 N–H and O–H groups in total. The first-order valence-corrected chi connectivity index (χ1v) is 33.4. The molecular weight excluding hydrogens is 1110 g/mol. The van der Waals surface area contributed by atoms with E-state index >= 15 is 4.39 Å². The molecule has 0 atom stereocenters. The number of fused-ring (bicyclic) bond motifs is 12. The van der Waals surface area contributed by atoms with Crippen molar-refractivity contribution in [1.82, 2.24) is 18.3 Å². The van der Waals surface area contributed by atoms with Crippen molar-refractivity contribution < 1.29 is 4.39 Å². The standard InChI is InChI=1S/C86H97FN4/c1-79(2,3)50-25-33-66-58(41-50)59-42-51(80(4,5)6)26-34-67(59)88(66)74-49-75(89-68-35-27-52(81(7,8)9)43-60(68)61-44-53(82(10,11)12)28-36-69(61)89)78(91-72-39-31-56(85(19,20)21)47-64(72)65-48-57(86(22,23)24)32-40-73(65)91)76(87)77(74)90-70-37-29-54(83(13,14)15)45-62(70)63-46-55(84(16,17)18)30-38-71(63)90/h25-49H,1-24H3. The molecule has 0 amide bonds. The van der Waals surface area contributed by atoms with Gasteiger partial charge in [0, 0.05) is 43.1 Å². The van der Waals surface area contributed by atoms with Crippen LogP contribution in [0, 0.1) is 5.82 Å². The molecule has 91 heavy (non-hydrogen) atoms. The highest BCUT2D eigenvalue weighted by molar-refractivity contribution is 6.15. The first kappa shape index (κ1) is 61.9. The van der Waals surface area contributed by atoms with E-state index in [9.17, 15) is 0 Å². The summed E-state index contributed by atoms with van der Waals surface area (Å²) in [6.45, 7) is 55.1. The van der Waals surface area contributed by atoms with Crippen LogP contribution < -0.4 is 0 Å². The second-order valence-electron chi connectivity index (χ2n) is 35.1. The zero-order chi connectivity index (χ0) is 65.7. The fourth-order valence-electron chi connectivity index (χ4n) is 14.2. The first-order valence-electron chi connectivity index (χ1n) is 33.4. The molecule has 468 valence electrons. The number of benzene rings is 9. The Bertz CT molecular complexity index is 4570. The molecule has 0 aliphatic heterocycles. The SMILES string of the molecule is CC(C)(C)c1ccc2c(c1)c1cc(C(C)(C)C)ccc1n2-c1cc(-n2c3ccc(C(C)(C)C)cc3c3cc(C(C)(C)C)ccc32)c(-n2c3ccc(C(C)(C)C)cc3c3cc(C(C)(C)C)ccc32)c(F)c1-n1c2ccc(C(C)(C)C)cc2c2cc(C(C)(C)C)ccc21. The average Bonchev–Trinajstić information content (AvgIpc) is 1.59. The number of hydrogen-bond donors (Lipinski definition) is 0. The predicted octanol–water partition coefficient (Wildman–Crippen LogP) is 24.6. The summed E-state index contributed by atoms with van der Waals surface area (Å²) >= 11 is 0. The van der Waals surface area contributed by atoms with E-state index in [1.807, 2.05) is 0 Å². The maximum absolute atomic E-state index is 21.7. The largest absolute Gasteiger partial charge is 0.307 e. The quantitative estimate of drug-likeness (QED) is 0.167. The van der Waals surface area contributed by atoms with Crippen molar-refractivity contribution in [3.05, 3.63) is 202 Å². The van der Waals surface area contributed by atoms with E-state index in [2.05, 4.69) is 336 Å². The molecule has 0 spiro atoms. The minimum absolute atomic E-state index is 0.128. The van der Waals surface area contributed by atoms with Gasteiger partial charge in [-0.2, -0.15) is 0 Å². The summed E-state index contributed by atoms with van der Waals surface area (Å²) in [4.78, 5) is 0. The number of aromatic nitrogens is 4. The first-order chi connectivity index (χ1) is 42.1. The molecule has 0 bridgehead atoms. The van der Waals surface area contributed by atoms with Crippen molar-refractivity contribution in [1.29, 1.82) is 0 Å². The summed E-state index contributed by atoms with van der Waals surface area (Å²) in [7, 11) is 0. The molecule has 4 nitrogen and oxygen atoms in total. The Morgan fingerprint density at radius 3 is 0.484 bits per heavy atom. The van der Waals surface area contributed by atoms with Gasteiger partial charge in [-0.1, -0.05) is 215 Å². The topological polar surface area (TPSA) is 19.7 Å². The van der Waals surface area contributed by atoms with Gasteiger partial charge in [0.25, 0.3) is 0 Å². The highest BCUT2D eigenvalue weighted by Crippen LogP contribution is 2.50. The van der Waals surface area contributed by atoms with Gasteiger partial charge in [0.05, 0.1) is 55.5 Å². The lowest BCUT2D eigenvalue weighted by atomic mass is 9.85. The number of hydrogen-bond acceptors (Lipinski definition) is 0. The minimum Gasteiger partial charge on any atom is -0.307 e. The van der Waals surface area contributed by atoms with Crippen LogP contribution in [0.3, 0.4) is 0 Å². The molecule has 9 aromatic carbocycles. The van der Waals surface area contributed by atoms with Crippen molar-refractivity contribution in [2.45, 2.75) is 209 Å². The molecule has 4 heterocycles. The summed E-state index contributed by atoms with van der Waals surface area (Å²) in [5, 5.41) is 8.98. The van der Waals surface area contributed by atoms with Gasteiger partial charge in [-0.05, 0) is 191 Å². The number of nitrogens with zero attached hydrogens (tertiary/aromatic N) is 4. The molecule has 0 aliphatic carbocycles. The van der Waals surface area contributed by atoms with Gasteiger partial charge >= 0.3 is 0 Å². The van der Waals surface area contributed by atoms with E-state index in [1.165, 1.54) is 44.5 Å². The van der Waals surface area contributed by atoms with E-state index in [1.54, 1.807) is 0 Å². The fourth-order valence-corrected chi connectivity index (χ4v) is 14.2. The van der Waals surface area contributed by atoms with E-state index in [-0.39, 0.29) is 49.1 Å². The van der Waals surface area contributed by atoms with E-state index in [0.717, 1.165) is 98.6 Å². The third-order valence-electron chi connectivity index (χ3n) is 20.1. The zero-order valence-electron chi connectivity index (χ0n) is 59.1. The maximum Gasteiger partial charge on any atom is 0.175 e. The van der Waals surface area contributed by atoms with Gasteiger partial charge in [-0.25, -0.2) is 4.39 Å². The average molecular weight is 1210 g/mol. The third kappa shape index (κ3) is 10.1. The van der Waals surface area contributed by atoms with E-state index in [0.29, 0.717) is 11.4 Å². The molecule has 0 unspecified atom stereocenters. The van der Waals surface area contributed by atoms with E-state index < -0.39 is 0 Å². The van der Waals surface area contributed by atoms with E-state index in [4.69, 9.17) is 0 Å². The third-order valence-corrected chi connectivity index (χ3v) is 20.1. The van der Waals surface area contributed by atoms with Crippen LogP contribution in [-0.4, -0.2) is 18.3 Å².